The second-order valence-electron chi connectivity index (χ2n) is 6.78. The predicted octanol–water partition coefficient (Wildman–Crippen LogP) is 3.41. The van der Waals surface area contributed by atoms with Gasteiger partial charge >= 0.3 is 0 Å². The molecule has 22 heavy (non-hydrogen) atoms. The van der Waals surface area contributed by atoms with Crippen LogP contribution in [0.15, 0.2) is 30.3 Å². The number of rotatable bonds is 6. The summed E-state index contributed by atoms with van der Waals surface area (Å²) in [6, 6.07) is 10.3. The number of para-hydroxylation sites is 1. The molecule has 0 spiro atoms. The van der Waals surface area contributed by atoms with Crippen LogP contribution in [0, 0.1) is 0 Å². The van der Waals surface area contributed by atoms with Crippen molar-refractivity contribution in [2.45, 2.75) is 44.6 Å². The molecule has 2 aliphatic heterocycles. The molecule has 2 fully saturated rings. The van der Waals surface area contributed by atoms with Gasteiger partial charge in [-0.15, -0.1) is 0 Å². The van der Waals surface area contributed by atoms with Crippen LogP contribution < -0.4 is 4.74 Å². The molecule has 2 heterocycles. The number of piperidine rings is 2. The van der Waals surface area contributed by atoms with Crippen molar-refractivity contribution >= 4 is 0 Å². The van der Waals surface area contributed by atoms with Crippen LogP contribution in [0.3, 0.4) is 0 Å². The summed E-state index contributed by atoms with van der Waals surface area (Å²) in [4.78, 5) is 5.20. The van der Waals surface area contributed by atoms with Crippen molar-refractivity contribution < 1.29 is 4.74 Å². The first-order chi connectivity index (χ1) is 10.9. The van der Waals surface area contributed by atoms with Gasteiger partial charge in [0, 0.05) is 13.1 Å². The standard InChI is InChI=1S/C19H30N2O/c1-4-10-18(11-5-1)22-19(16-20-12-6-2-7-13-20)17-21-14-8-3-9-15-21/h1,4-5,10-11,19H,2-3,6-9,12-17H2. The molecule has 1 aromatic rings. The van der Waals surface area contributed by atoms with Crippen LogP contribution in [0.4, 0.5) is 0 Å². The first-order valence-corrected chi connectivity index (χ1v) is 9.06. The molecule has 0 unspecified atom stereocenters. The van der Waals surface area contributed by atoms with Crippen LogP contribution >= 0.6 is 0 Å². The summed E-state index contributed by atoms with van der Waals surface area (Å²) in [7, 11) is 0. The first kappa shape index (κ1) is 15.8. The van der Waals surface area contributed by atoms with E-state index >= 15 is 0 Å². The second kappa shape index (κ2) is 8.54. The minimum Gasteiger partial charge on any atom is -0.488 e. The van der Waals surface area contributed by atoms with E-state index in [4.69, 9.17) is 4.74 Å². The normalized spacial score (nSPS) is 21.1. The van der Waals surface area contributed by atoms with Gasteiger partial charge in [0.15, 0.2) is 0 Å². The van der Waals surface area contributed by atoms with E-state index < -0.39 is 0 Å². The molecule has 2 saturated heterocycles. The largest absolute Gasteiger partial charge is 0.488 e. The highest BCUT2D eigenvalue weighted by Crippen LogP contribution is 2.17. The summed E-state index contributed by atoms with van der Waals surface area (Å²) in [5.41, 5.74) is 0. The molecule has 0 N–H and O–H groups in total. The number of likely N-dealkylation sites (tertiary alicyclic amines) is 2. The average Bonchev–Trinajstić information content (AvgIpc) is 2.57. The van der Waals surface area contributed by atoms with E-state index in [1.807, 2.05) is 0 Å². The van der Waals surface area contributed by atoms with E-state index in [1.54, 1.807) is 0 Å². The average molecular weight is 302 g/mol. The molecule has 3 rings (SSSR count). The zero-order valence-corrected chi connectivity index (χ0v) is 13.8. The smallest absolute Gasteiger partial charge is 0.124 e. The van der Waals surface area contributed by atoms with Crippen molar-refractivity contribution in [2.24, 2.45) is 0 Å². The third-order valence-electron chi connectivity index (χ3n) is 4.87. The summed E-state index contributed by atoms with van der Waals surface area (Å²) in [5.74, 6) is 1.02. The third kappa shape index (κ3) is 4.99. The van der Waals surface area contributed by atoms with E-state index in [2.05, 4.69) is 40.1 Å². The lowest BCUT2D eigenvalue weighted by Gasteiger charge is -2.34. The van der Waals surface area contributed by atoms with E-state index in [9.17, 15) is 0 Å². The Kier molecular flexibility index (Phi) is 6.14. The van der Waals surface area contributed by atoms with Crippen LogP contribution in [-0.2, 0) is 0 Å². The maximum absolute atomic E-state index is 6.34. The predicted molar refractivity (Wildman–Crippen MR) is 91.4 cm³/mol. The SMILES string of the molecule is c1ccc(OC(CN2CCCCC2)CN2CCCCC2)cc1. The van der Waals surface area contributed by atoms with Gasteiger partial charge in [-0.25, -0.2) is 0 Å². The maximum Gasteiger partial charge on any atom is 0.124 e. The van der Waals surface area contributed by atoms with Crippen LogP contribution in [-0.4, -0.2) is 55.2 Å². The molecule has 0 aromatic heterocycles. The number of nitrogens with zero attached hydrogens (tertiary/aromatic N) is 2. The quantitative estimate of drug-likeness (QED) is 0.801. The molecule has 0 saturated carbocycles. The maximum atomic E-state index is 6.34. The number of hydrogen-bond donors (Lipinski definition) is 0. The molecular weight excluding hydrogens is 272 g/mol. The van der Waals surface area contributed by atoms with Gasteiger partial charge in [0.1, 0.15) is 11.9 Å². The highest BCUT2D eigenvalue weighted by molar-refractivity contribution is 5.21. The van der Waals surface area contributed by atoms with Crippen molar-refractivity contribution in [2.75, 3.05) is 39.3 Å². The Morgan fingerprint density at radius 2 is 1.23 bits per heavy atom. The fraction of sp³-hybridized carbons (Fsp3) is 0.684. The second-order valence-corrected chi connectivity index (χ2v) is 6.78. The minimum atomic E-state index is 0.290. The summed E-state index contributed by atoms with van der Waals surface area (Å²) in [6.07, 6.45) is 8.48. The molecule has 3 nitrogen and oxygen atoms in total. The number of benzene rings is 1. The van der Waals surface area contributed by atoms with Gasteiger partial charge < -0.3 is 4.74 Å². The van der Waals surface area contributed by atoms with Gasteiger partial charge in [-0.3, -0.25) is 9.80 Å². The van der Waals surface area contributed by atoms with Crippen molar-refractivity contribution in [3.8, 4) is 5.75 Å². The van der Waals surface area contributed by atoms with Crippen molar-refractivity contribution in [3.05, 3.63) is 30.3 Å². The third-order valence-corrected chi connectivity index (χ3v) is 4.87. The van der Waals surface area contributed by atoms with Crippen LogP contribution in [0.25, 0.3) is 0 Å². The van der Waals surface area contributed by atoms with E-state index in [0.29, 0.717) is 6.10 Å². The van der Waals surface area contributed by atoms with E-state index in [-0.39, 0.29) is 0 Å². The topological polar surface area (TPSA) is 15.7 Å². The van der Waals surface area contributed by atoms with Gasteiger partial charge in [0.05, 0.1) is 0 Å². The lowest BCUT2D eigenvalue weighted by atomic mass is 10.1. The Balaban J connectivity index is 1.58. The van der Waals surface area contributed by atoms with Gasteiger partial charge in [0.25, 0.3) is 0 Å². The fourth-order valence-corrected chi connectivity index (χ4v) is 3.68. The van der Waals surface area contributed by atoms with Gasteiger partial charge in [-0.05, 0) is 64.0 Å². The van der Waals surface area contributed by atoms with Crippen molar-refractivity contribution in [1.82, 2.24) is 9.80 Å². The van der Waals surface area contributed by atoms with Crippen molar-refractivity contribution in [1.29, 1.82) is 0 Å². The molecule has 1 aromatic carbocycles. The lowest BCUT2D eigenvalue weighted by Crippen LogP contribution is -2.46. The molecular formula is C19H30N2O. The Hall–Kier alpha value is -1.06. The minimum absolute atomic E-state index is 0.290. The Labute approximate surface area is 135 Å². The van der Waals surface area contributed by atoms with Gasteiger partial charge in [-0.2, -0.15) is 0 Å². The summed E-state index contributed by atoms with van der Waals surface area (Å²) < 4.78 is 6.34. The highest BCUT2D eigenvalue weighted by atomic mass is 16.5. The first-order valence-electron chi connectivity index (χ1n) is 9.06. The fourth-order valence-electron chi connectivity index (χ4n) is 3.68. The lowest BCUT2D eigenvalue weighted by molar-refractivity contribution is 0.0766. The zero-order chi connectivity index (χ0) is 15.0. The Morgan fingerprint density at radius 1 is 0.727 bits per heavy atom. The molecule has 2 aliphatic rings. The van der Waals surface area contributed by atoms with Gasteiger partial charge in [0.2, 0.25) is 0 Å². The molecule has 0 bridgehead atoms. The van der Waals surface area contributed by atoms with Crippen LogP contribution in [0.1, 0.15) is 38.5 Å². The van der Waals surface area contributed by atoms with Crippen LogP contribution in [0.5, 0.6) is 5.75 Å². The van der Waals surface area contributed by atoms with Crippen molar-refractivity contribution in [3.63, 3.8) is 0 Å². The monoisotopic (exact) mass is 302 g/mol. The summed E-state index contributed by atoms with van der Waals surface area (Å²) in [5, 5.41) is 0. The zero-order valence-electron chi connectivity index (χ0n) is 13.8. The molecule has 0 atom stereocenters. The van der Waals surface area contributed by atoms with E-state index in [0.717, 1.165) is 18.8 Å². The molecule has 0 amide bonds. The van der Waals surface area contributed by atoms with Gasteiger partial charge in [-0.1, -0.05) is 31.0 Å². The molecule has 0 aliphatic carbocycles. The van der Waals surface area contributed by atoms with Crippen LogP contribution in [0.2, 0.25) is 0 Å². The van der Waals surface area contributed by atoms with E-state index in [1.165, 1.54) is 64.7 Å². The molecule has 0 radical (unpaired) electrons. The number of ether oxygens (including phenoxy) is 1. The number of hydrogen-bond acceptors (Lipinski definition) is 3. The molecule has 122 valence electrons. The Morgan fingerprint density at radius 3 is 1.73 bits per heavy atom. The highest BCUT2D eigenvalue weighted by Gasteiger charge is 2.21. The molecule has 3 heteroatoms. The summed E-state index contributed by atoms with van der Waals surface area (Å²) >= 11 is 0. The summed E-state index contributed by atoms with van der Waals surface area (Å²) in [6.45, 7) is 7.13. The Bertz CT molecular complexity index is 391.